The van der Waals surface area contributed by atoms with Crippen LogP contribution in [0.5, 0.6) is 5.75 Å². The molecule has 2 saturated carbocycles. The number of benzene rings is 1. The first kappa shape index (κ1) is 20.8. The molecule has 0 spiro atoms. The van der Waals surface area contributed by atoms with Crippen LogP contribution < -0.4 is 0 Å². The van der Waals surface area contributed by atoms with Crippen molar-refractivity contribution in [2.24, 2.45) is 29.1 Å². The maximum Gasteiger partial charge on any atom is 0.115 e. The summed E-state index contributed by atoms with van der Waals surface area (Å²) in [5.41, 5.74) is 2.61. The van der Waals surface area contributed by atoms with Gasteiger partial charge in [-0.2, -0.15) is 0 Å². The number of aryl methyl sites for hydroxylation is 1. The molecule has 1 unspecified atom stereocenters. The normalized spacial score (nSPS) is 36.2. The van der Waals surface area contributed by atoms with Crippen LogP contribution in [0.25, 0.3) is 0 Å². The number of phenolic OH excluding ortho intramolecular Hbond substituents is 1. The SMILES string of the molecule is C#CCC(C)(O)CC[C@H](C)[C@H]1CC[C@H]2[C@@H]3CCc4cc(O)ccc4[C@H]3CC[C@]12C. The minimum Gasteiger partial charge on any atom is -0.508 e. The molecule has 0 radical (unpaired) electrons. The van der Waals surface area contributed by atoms with Gasteiger partial charge >= 0.3 is 0 Å². The van der Waals surface area contributed by atoms with Crippen LogP contribution in [0.3, 0.4) is 0 Å². The first-order chi connectivity index (χ1) is 13.7. The van der Waals surface area contributed by atoms with Crippen molar-refractivity contribution in [2.45, 2.75) is 90.1 Å². The Morgan fingerprint density at radius 1 is 1.28 bits per heavy atom. The number of hydrogen-bond acceptors (Lipinski definition) is 2. The van der Waals surface area contributed by atoms with Gasteiger partial charge in [0.25, 0.3) is 0 Å². The number of terminal acetylenes is 1. The summed E-state index contributed by atoms with van der Waals surface area (Å²) in [6.45, 7) is 6.88. The molecule has 3 aliphatic rings. The van der Waals surface area contributed by atoms with Crippen molar-refractivity contribution in [3.63, 3.8) is 0 Å². The van der Waals surface area contributed by atoms with E-state index >= 15 is 0 Å². The second-order valence-electron chi connectivity index (χ2n) is 10.9. The Kier molecular flexibility index (Phi) is 5.49. The average Bonchev–Trinajstić information content (AvgIpc) is 3.03. The lowest BCUT2D eigenvalue weighted by Gasteiger charge is -2.52. The highest BCUT2D eigenvalue weighted by atomic mass is 16.3. The fourth-order valence-electron chi connectivity index (χ4n) is 7.59. The van der Waals surface area contributed by atoms with Gasteiger partial charge < -0.3 is 10.2 Å². The molecule has 0 heterocycles. The van der Waals surface area contributed by atoms with Crippen LogP contribution in [0.1, 0.15) is 89.2 Å². The van der Waals surface area contributed by atoms with Crippen molar-refractivity contribution in [1.82, 2.24) is 0 Å². The average molecular weight is 395 g/mol. The summed E-state index contributed by atoms with van der Waals surface area (Å²) >= 11 is 0. The summed E-state index contributed by atoms with van der Waals surface area (Å²) in [5, 5.41) is 20.4. The number of aromatic hydroxyl groups is 1. The summed E-state index contributed by atoms with van der Waals surface area (Å²) in [7, 11) is 0. The molecule has 1 aromatic carbocycles. The third-order valence-electron chi connectivity index (χ3n) is 9.09. The molecule has 2 heteroatoms. The molecule has 2 N–H and O–H groups in total. The molecule has 0 saturated heterocycles. The second kappa shape index (κ2) is 7.66. The zero-order valence-electron chi connectivity index (χ0n) is 18.5. The van der Waals surface area contributed by atoms with Crippen LogP contribution in [-0.4, -0.2) is 15.8 Å². The highest BCUT2D eigenvalue weighted by Crippen LogP contribution is 2.64. The molecule has 158 valence electrons. The van der Waals surface area contributed by atoms with Gasteiger partial charge in [-0.15, -0.1) is 12.3 Å². The van der Waals surface area contributed by atoms with Crippen LogP contribution in [0.15, 0.2) is 18.2 Å². The van der Waals surface area contributed by atoms with Gasteiger partial charge in [-0.25, -0.2) is 0 Å². The maximum atomic E-state index is 10.5. The highest BCUT2D eigenvalue weighted by molar-refractivity contribution is 5.40. The van der Waals surface area contributed by atoms with Crippen LogP contribution in [0.4, 0.5) is 0 Å². The van der Waals surface area contributed by atoms with E-state index in [1.165, 1.54) is 43.2 Å². The van der Waals surface area contributed by atoms with E-state index in [0.717, 1.165) is 37.0 Å². The fourth-order valence-corrected chi connectivity index (χ4v) is 7.59. The number of hydrogen-bond donors (Lipinski definition) is 2. The lowest BCUT2D eigenvalue weighted by molar-refractivity contribution is 0.000990. The zero-order valence-corrected chi connectivity index (χ0v) is 18.5. The molecule has 1 aromatic rings. The molecule has 0 bridgehead atoms. The Labute approximate surface area is 177 Å². The van der Waals surface area contributed by atoms with Crippen molar-refractivity contribution in [3.8, 4) is 18.1 Å². The monoisotopic (exact) mass is 394 g/mol. The van der Waals surface area contributed by atoms with Crippen LogP contribution in [0, 0.1) is 41.4 Å². The molecule has 29 heavy (non-hydrogen) atoms. The minimum atomic E-state index is -0.724. The number of fused-ring (bicyclic) bond motifs is 5. The summed E-state index contributed by atoms with van der Waals surface area (Å²) < 4.78 is 0. The lowest BCUT2D eigenvalue weighted by Crippen LogP contribution is -2.43. The van der Waals surface area contributed by atoms with E-state index in [0.29, 0.717) is 29.4 Å². The maximum absolute atomic E-state index is 10.5. The molecule has 3 aliphatic carbocycles. The van der Waals surface area contributed by atoms with Crippen LogP contribution >= 0.6 is 0 Å². The molecule has 4 rings (SSSR count). The summed E-state index contributed by atoms with van der Waals surface area (Å²) in [6.07, 6.45) is 15.4. The van der Waals surface area contributed by atoms with Crippen molar-refractivity contribution >= 4 is 0 Å². The quantitative estimate of drug-likeness (QED) is 0.596. The molecule has 7 atom stereocenters. The molecule has 2 nitrogen and oxygen atoms in total. The van der Waals surface area contributed by atoms with Crippen LogP contribution in [-0.2, 0) is 6.42 Å². The summed E-state index contributed by atoms with van der Waals surface area (Å²) in [6, 6.07) is 6.09. The standard InChI is InChI=1S/C27H38O2/c1-5-14-26(3,29)15-12-18(2)24-10-11-25-23-8-6-19-17-20(28)7-9-21(19)22(23)13-16-27(24,25)4/h1,7,9,17-18,22-25,28-29H,6,8,10-16H2,2-4H3/t18-,22+,23+,24+,25-,26?,27+/m0/s1. The van der Waals surface area contributed by atoms with E-state index in [-0.39, 0.29) is 0 Å². The number of phenols is 1. The first-order valence-electron chi connectivity index (χ1n) is 11.7. The van der Waals surface area contributed by atoms with Crippen molar-refractivity contribution < 1.29 is 10.2 Å². The van der Waals surface area contributed by atoms with E-state index in [1.54, 1.807) is 0 Å². The minimum absolute atomic E-state index is 0.415. The van der Waals surface area contributed by atoms with Crippen molar-refractivity contribution in [2.75, 3.05) is 0 Å². The predicted octanol–water partition coefficient (Wildman–Crippen LogP) is 6.06. The largest absolute Gasteiger partial charge is 0.508 e. The summed E-state index contributed by atoms with van der Waals surface area (Å²) in [4.78, 5) is 0. The fraction of sp³-hybridized carbons (Fsp3) is 0.704. The topological polar surface area (TPSA) is 40.5 Å². The van der Waals surface area contributed by atoms with Gasteiger partial charge in [0.2, 0.25) is 0 Å². The Morgan fingerprint density at radius 2 is 2.07 bits per heavy atom. The van der Waals surface area contributed by atoms with Gasteiger partial charge in [0.15, 0.2) is 0 Å². The van der Waals surface area contributed by atoms with E-state index < -0.39 is 5.60 Å². The Bertz CT molecular complexity index is 788. The Morgan fingerprint density at radius 3 is 2.83 bits per heavy atom. The van der Waals surface area contributed by atoms with Crippen LogP contribution in [0.2, 0.25) is 0 Å². The molecule has 0 aliphatic heterocycles. The van der Waals surface area contributed by atoms with Crippen molar-refractivity contribution in [1.29, 1.82) is 0 Å². The smallest absolute Gasteiger partial charge is 0.115 e. The molecular weight excluding hydrogens is 356 g/mol. The highest BCUT2D eigenvalue weighted by Gasteiger charge is 2.55. The Hall–Kier alpha value is -1.46. The third-order valence-corrected chi connectivity index (χ3v) is 9.09. The zero-order chi connectivity index (χ0) is 20.8. The van der Waals surface area contributed by atoms with E-state index in [4.69, 9.17) is 6.42 Å². The summed E-state index contributed by atoms with van der Waals surface area (Å²) in [5.74, 6) is 6.75. The molecule has 2 fully saturated rings. The predicted molar refractivity (Wildman–Crippen MR) is 119 cm³/mol. The van der Waals surface area contributed by atoms with Crippen molar-refractivity contribution in [3.05, 3.63) is 29.3 Å². The third kappa shape index (κ3) is 3.72. The van der Waals surface area contributed by atoms with E-state index in [9.17, 15) is 10.2 Å². The Balaban J connectivity index is 1.48. The lowest BCUT2D eigenvalue weighted by atomic mass is 9.53. The second-order valence-corrected chi connectivity index (χ2v) is 10.9. The van der Waals surface area contributed by atoms with E-state index in [2.05, 4.69) is 25.8 Å². The van der Waals surface area contributed by atoms with Gasteiger partial charge in [0.1, 0.15) is 5.75 Å². The number of aliphatic hydroxyl groups is 1. The molecule has 0 aromatic heterocycles. The van der Waals surface area contributed by atoms with Gasteiger partial charge in [0.05, 0.1) is 5.60 Å². The van der Waals surface area contributed by atoms with Gasteiger partial charge in [-0.05, 0) is 117 Å². The number of rotatable bonds is 5. The molecular formula is C27H38O2. The van der Waals surface area contributed by atoms with Gasteiger partial charge in [0, 0.05) is 6.42 Å². The molecule has 0 amide bonds. The van der Waals surface area contributed by atoms with Gasteiger partial charge in [-0.1, -0.05) is 19.9 Å². The van der Waals surface area contributed by atoms with E-state index in [1.807, 2.05) is 19.1 Å². The first-order valence-corrected chi connectivity index (χ1v) is 11.7. The van der Waals surface area contributed by atoms with Gasteiger partial charge in [-0.3, -0.25) is 0 Å².